The first kappa shape index (κ1) is 30.2. The summed E-state index contributed by atoms with van der Waals surface area (Å²) in [6, 6.07) is 18.7. The number of benzene rings is 3. The highest BCUT2D eigenvalue weighted by Crippen LogP contribution is 2.22. The number of carbonyl (C=O) groups excluding carboxylic acids is 2. The van der Waals surface area contributed by atoms with Crippen molar-refractivity contribution < 1.29 is 26.8 Å². The topological polar surface area (TPSA) is 86.8 Å². The summed E-state index contributed by atoms with van der Waals surface area (Å²) in [6.07, 6.45) is 1.26. The lowest BCUT2D eigenvalue weighted by molar-refractivity contribution is -0.141. The zero-order valence-electron chi connectivity index (χ0n) is 21.6. The maximum atomic E-state index is 13.8. The van der Waals surface area contributed by atoms with Crippen LogP contribution >= 0.6 is 15.9 Å². The molecule has 3 aromatic rings. The highest BCUT2D eigenvalue weighted by atomic mass is 79.9. The molecule has 7 nitrogen and oxygen atoms in total. The first-order valence-corrected chi connectivity index (χ1v) is 14.9. The molecule has 1 N–H and O–H groups in total. The number of likely N-dealkylation sites (N-methyl/N-ethyl adjacent to an activating group) is 1. The van der Waals surface area contributed by atoms with Crippen molar-refractivity contribution >= 4 is 43.5 Å². The van der Waals surface area contributed by atoms with E-state index in [0.717, 1.165) is 38.3 Å². The summed E-state index contributed by atoms with van der Waals surface area (Å²) in [5, 5.41) is 2.65. The number of nitrogens with one attached hydrogen (secondary N) is 1. The van der Waals surface area contributed by atoms with Crippen LogP contribution in [0.25, 0.3) is 0 Å². The van der Waals surface area contributed by atoms with Gasteiger partial charge in [0.05, 0.1) is 11.9 Å². The first-order chi connectivity index (χ1) is 18.5. The summed E-state index contributed by atoms with van der Waals surface area (Å²) >= 11 is 3.40. The van der Waals surface area contributed by atoms with E-state index in [1.165, 1.54) is 18.0 Å². The summed E-state index contributed by atoms with van der Waals surface area (Å²) in [5.41, 5.74) is 1.65. The Morgan fingerprint density at radius 1 is 0.949 bits per heavy atom. The molecule has 208 valence electrons. The van der Waals surface area contributed by atoms with Crippen molar-refractivity contribution in [1.82, 2.24) is 10.2 Å². The number of rotatable bonds is 12. The minimum absolute atomic E-state index is 0.0390. The second-order valence-electron chi connectivity index (χ2n) is 9.00. The molecule has 3 rings (SSSR count). The van der Waals surface area contributed by atoms with E-state index in [2.05, 4.69) is 21.2 Å². The molecule has 1 atom stereocenters. The van der Waals surface area contributed by atoms with Crippen LogP contribution in [0.5, 0.6) is 0 Å². The van der Waals surface area contributed by atoms with Gasteiger partial charge in [0.15, 0.2) is 11.6 Å². The van der Waals surface area contributed by atoms with Gasteiger partial charge in [-0.3, -0.25) is 13.9 Å². The Bertz CT molecular complexity index is 1390. The van der Waals surface area contributed by atoms with Gasteiger partial charge >= 0.3 is 0 Å². The minimum Gasteiger partial charge on any atom is -0.357 e. The van der Waals surface area contributed by atoms with Gasteiger partial charge in [-0.1, -0.05) is 58.4 Å². The molecule has 0 aromatic heterocycles. The van der Waals surface area contributed by atoms with Crippen LogP contribution in [-0.2, 0) is 32.6 Å². The van der Waals surface area contributed by atoms with Gasteiger partial charge in [-0.15, -0.1) is 0 Å². The molecule has 0 aliphatic heterocycles. The Morgan fingerprint density at radius 3 is 2.21 bits per heavy atom. The van der Waals surface area contributed by atoms with Crippen LogP contribution in [-0.4, -0.2) is 51.0 Å². The standard InChI is InChI=1S/C28H30BrF2N3O4S/c1-32-28(36)26(17-20-7-4-3-5-8-20)33(19-21-10-12-22(29)13-11-21)27(35)9-6-16-34(39(2,37)38)23-14-15-24(30)25(31)18-23/h3-5,7-8,10-15,18,26H,6,9,16-17,19H2,1-2H3,(H,32,36)/t26-/m0/s1. The van der Waals surface area contributed by atoms with Crippen molar-refractivity contribution in [3.63, 3.8) is 0 Å². The molecule has 11 heteroatoms. The Morgan fingerprint density at radius 2 is 1.62 bits per heavy atom. The lowest BCUT2D eigenvalue weighted by Crippen LogP contribution is -2.49. The van der Waals surface area contributed by atoms with Crippen molar-refractivity contribution in [2.45, 2.75) is 31.8 Å². The quantitative estimate of drug-likeness (QED) is 0.319. The number of anilines is 1. The SMILES string of the molecule is CNC(=O)[C@H](Cc1ccccc1)N(Cc1ccc(Br)cc1)C(=O)CCCN(c1ccc(F)c(F)c1)S(C)(=O)=O. The van der Waals surface area contributed by atoms with Crippen LogP contribution in [0.4, 0.5) is 14.5 Å². The van der Waals surface area contributed by atoms with E-state index in [0.29, 0.717) is 0 Å². The fourth-order valence-corrected chi connectivity index (χ4v) is 5.37. The Hall–Kier alpha value is -3.31. The second kappa shape index (κ2) is 13.7. The van der Waals surface area contributed by atoms with Crippen LogP contribution < -0.4 is 9.62 Å². The molecule has 39 heavy (non-hydrogen) atoms. The zero-order chi connectivity index (χ0) is 28.6. The van der Waals surface area contributed by atoms with Gasteiger partial charge < -0.3 is 10.2 Å². The van der Waals surface area contributed by atoms with Crippen molar-refractivity contribution in [3.05, 3.63) is 100 Å². The summed E-state index contributed by atoms with van der Waals surface area (Å²) in [6.45, 7) is 0.0289. The zero-order valence-corrected chi connectivity index (χ0v) is 24.0. The highest BCUT2D eigenvalue weighted by Gasteiger charge is 2.30. The van der Waals surface area contributed by atoms with Crippen LogP contribution in [0.3, 0.4) is 0 Å². The largest absolute Gasteiger partial charge is 0.357 e. The molecule has 0 saturated heterocycles. The van der Waals surface area contributed by atoms with Gasteiger partial charge in [0.2, 0.25) is 21.8 Å². The molecule has 2 amide bonds. The monoisotopic (exact) mass is 621 g/mol. The number of hydrogen-bond donors (Lipinski definition) is 1. The molecule has 0 heterocycles. The van der Waals surface area contributed by atoms with E-state index < -0.39 is 27.7 Å². The number of hydrogen-bond acceptors (Lipinski definition) is 4. The Balaban J connectivity index is 1.84. The smallest absolute Gasteiger partial charge is 0.242 e. The fraction of sp³-hybridized carbons (Fsp3) is 0.286. The summed E-state index contributed by atoms with van der Waals surface area (Å²) in [4.78, 5) is 28.1. The third-order valence-corrected chi connectivity index (χ3v) is 7.85. The van der Waals surface area contributed by atoms with Gasteiger partial charge in [-0.25, -0.2) is 17.2 Å². The predicted octanol–water partition coefficient (Wildman–Crippen LogP) is 4.66. The number of nitrogens with zero attached hydrogens (tertiary/aromatic N) is 2. The van der Waals surface area contributed by atoms with Gasteiger partial charge in [-0.05, 0) is 41.8 Å². The summed E-state index contributed by atoms with van der Waals surface area (Å²) in [5.74, 6) is -2.94. The van der Waals surface area contributed by atoms with E-state index in [4.69, 9.17) is 0 Å². The van der Waals surface area contributed by atoms with Crippen LogP contribution in [0.15, 0.2) is 77.3 Å². The van der Waals surface area contributed by atoms with Crippen molar-refractivity contribution in [3.8, 4) is 0 Å². The molecule has 3 aromatic carbocycles. The number of carbonyl (C=O) groups is 2. The third-order valence-electron chi connectivity index (χ3n) is 6.13. The van der Waals surface area contributed by atoms with E-state index in [-0.39, 0.29) is 49.9 Å². The maximum Gasteiger partial charge on any atom is 0.242 e. The van der Waals surface area contributed by atoms with E-state index in [9.17, 15) is 26.8 Å². The molecular formula is C28H30BrF2N3O4S. The van der Waals surface area contributed by atoms with Crippen molar-refractivity contribution in [2.24, 2.45) is 0 Å². The molecule has 0 aliphatic rings. The van der Waals surface area contributed by atoms with E-state index in [1.54, 1.807) is 0 Å². The molecule has 0 spiro atoms. The average molecular weight is 623 g/mol. The average Bonchev–Trinajstić information content (AvgIpc) is 2.90. The van der Waals surface area contributed by atoms with Crippen molar-refractivity contribution in [1.29, 1.82) is 0 Å². The highest BCUT2D eigenvalue weighted by molar-refractivity contribution is 9.10. The molecule has 0 fully saturated rings. The maximum absolute atomic E-state index is 13.8. The molecule has 0 bridgehead atoms. The Kier molecular flexibility index (Phi) is 10.6. The molecular weight excluding hydrogens is 592 g/mol. The normalized spacial score (nSPS) is 12.0. The van der Waals surface area contributed by atoms with Gasteiger partial charge in [0.25, 0.3) is 0 Å². The summed E-state index contributed by atoms with van der Waals surface area (Å²) in [7, 11) is -2.33. The number of halogens is 3. The molecule has 0 saturated carbocycles. The number of amides is 2. The minimum atomic E-state index is -3.84. The van der Waals surface area contributed by atoms with E-state index >= 15 is 0 Å². The van der Waals surface area contributed by atoms with Gasteiger partial charge in [0.1, 0.15) is 6.04 Å². The van der Waals surface area contributed by atoms with Crippen LogP contribution in [0, 0.1) is 11.6 Å². The second-order valence-corrected chi connectivity index (χ2v) is 11.8. The fourth-order valence-electron chi connectivity index (χ4n) is 4.15. The third kappa shape index (κ3) is 8.59. The van der Waals surface area contributed by atoms with E-state index in [1.807, 2.05) is 54.6 Å². The number of sulfonamides is 1. The van der Waals surface area contributed by atoms with Crippen LogP contribution in [0.1, 0.15) is 24.0 Å². The molecule has 0 radical (unpaired) electrons. The summed E-state index contributed by atoms with van der Waals surface area (Å²) < 4.78 is 53.8. The first-order valence-electron chi connectivity index (χ1n) is 12.2. The van der Waals surface area contributed by atoms with Crippen molar-refractivity contribution in [2.75, 3.05) is 24.2 Å². The lowest BCUT2D eigenvalue weighted by atomic mass is 10.0. The molecule has 0 unspecified atom stereocenters. The predicted molar refractivity (Wildman–Crippen MR) is 150 cm³/mol. The van der Waals surface area contributed by atoms with Gasteiger partial charge in [0, 0.05) is 43.5 Å². The Labute approximate surface area is 236 Å². The molecule has 0 aliphatic carbocycles. The van der Waals surface area contributed by atoms with Crippen LogP contribution in [0.2, 0.25) is 0 Å². The van der Waals surface area contributed by atoms with Gasteiger partial charge in [-0.2, -0.15) is 0 Å². The lowest BCUT2D eigenvalue weighted by Gasteiger charge is -2.31.